The van der Waals surface area contributed by atoms with Crippen LogP contribution >= 0.6 is 0 Å². The van der Waals surface area contributed by atoms with Gasteiger partial charge in [-0.05, 0) is 6.08 Å². The van der Waals surface area contributed by atoms with Crippen LogP contribution in [0.4, 0.5) is 0 Å². The van der Waals surface area contributed by atoms with E-state index in [-0.39, 0.29) is 6.42 Å². The molecular formula is C8H10O3. The predicted molar refractivity (Wildman–Crippen MR) is 41.0 cm³/mol. The number of methoxy groups -OCH3 is 1. The maximum absolute atomic E-state index is 9.96. The third kappa shape index (κ3) is 8.73. The van der Waals surface area contributed by atoms with Crippen LogP contribution in [-0.2, 0) is 9.53 Å². The molecule has 0 rings (SSSR count). The van der Waals surface area contributed by atoms with Crippen LogP contribution in [0.1, 0.15) is 6.42 Å². The number of rotatable bonds is 3. The minimum Gasteiger partial charge on any atom is -0.481 e. The van der Waals surface area contributed by atoms with Gasteiger partial charge in [-0.3, -0.25) is 4.79 Å². The third-order valence-electron chi connectivity index (χ3n) is 0.812. The standard InChI is InChI=1S/C8H10O3/c1-11-7-5-3-2-4-6-8(9)10/h2,4H,6-7H2,1H3,(H,9,10)/b4-2+. The number of carbonyl (C=O) groups is 1. The van der Waals surface area contributed by atoms with Crippen molar-refractivity contribution >= 4 is 5.97 Å². The lowest BCUT2D eigenvalue weighted by molar-refractivity contribution is -0.135. The Kier molecular flexibility index (Phi) is 6.05. The highest BCUT2D eigenvalue weighted by Gasteiger charge is 1.86. The quantitative estimate of drug-likeness (QED) is 0.607. The SMILES string of the molecule is COCC#C/C=C/CC(=O)O. The Morgan fingerprint density at radius 1 is 1.73 bits per heavy atom. The number of hydrogen-bond donors (Lipinski definition) is 1. The van der Waals surface area contributed by atoms with Crippen LogP contribution in [0.5, 0.6) is 0 Å². The molecule has 11 heavy (non-hydrogen) atoms. The molecule has 3 nitrogen and oxygen atoms in total. The maximum atomic E-state index is 9.96. The van der Waals surface area contributed by atoms with Gasteiger partial charge in [-0.15, -0.1) is 0 Å². The molecule has 0 amide bonds. The van der Waals surface area contributed by atoms with Gasteiger partial charge < -0.3 is 9.84 Å². The van der Waals surface area contributed by atoms with Crippen molar-refractivity contribution < 1.29 is 14.6 Å². The molecule has 0 fully saturated rings. The number of carboxylic acids is 1. The first kappa shape index (κ1) is 9.73. The highest BCUT2D eigenvalue weighted by Crippen LogP contribution is 1.80. The monoisotopic (exact) mass is 154 g/mol. The van der Waals surface area contributed by atoms with E-state index in [0.717, 1.165) is 0 Å². The Balaban J connectivity index is 3.45. The Morgan fingerprint density at radius 3 is 3.00 bits per heavy atom. The molecule has 0 aromatic carbocycles. The lowest BCUT2D eigenvalue weighted by atomic mass is 10.4. The highest BCUT2D eigenvalue weighted by molar-refractivity contribution is 5.68. The molecule has 0 unspecified atom stereocenters. The zero-order valence-corrected chi connectivity index (χ0v) is 6.33. The molecule has 0 aliphatic carbocycles. The summed E-state index contributed by atoms with van der Waals surface area (Å²) in [5.41, 5.74) is 0. The number of allylic oxidation sites excluding steroid dienone is 1. The minimum atomic E-state index is -0.852. The molecule has 0 aromatic rings. The Bertz CT molecular complexity index is 195. The summed E-state index contributed by atoms with van der Waals surface area (Å²) >= 11 is 0. The molecule has 3 heteroatoms. The normalized spacial score (nSPS) is 9.18. The van der Waals surface area contributed by atoms with Gasteiger partial charge in [0.2, 0.25) is 0 Å². The molecule has 0 saturated carbocycles. The van der Waals surface area contributed by atoms with Crippen molar-refractivity contribution in [1.29, 1.82) is 0 Å². The van der Waals surface area contributed by atoms with Crippen molar-refractivity contribution in [2.24, 2.45) is 0 Å². The zero-order valence-electron chi connectivity index (χ0n) is 6.33. The fraction of sp³-hybridized carbons (Fsp3) is 0.375. The first-order chi connectivity index (χ1) is 5.27. The van der Waals surface area contributed by atoms with E-state index in [1.54, 1.807) is 7.11 Å². The van der Waals surface area contributed by atoms with Crippen LogP contribution < -0.4 is 0 Å². The van der Waals surface area contributed by atoms with E-state index in [0.29, 0.717) is 6.61 Å². The number of aliphatic carboxylic acids is 1. The Hall–Kier alpha value is -1.27. The van der Waals surface area contributed by atoms with E-state index in [4.69, 9.17) is 5.11 Å². The third-order valence-corrected chi connectivity index (χ3v) is 0.812. The second-order valence-electron chi connectivity index (χ2n) is 1.75. The van der Waals surface area contributed by atoms with Gasteiger partial charge in [0.05, 0.1) is 6.42 Å². The average molecular weight is 154 g/mol. The number of ether oxygens (including phenoxy) is 1. The predicted octanol–water partition coefficient (Wildman–Crippen LogP) is 0.667. The fourth-order valence-electron chi connectivity index (χ4n) is 0.391. The second kappa shape index (κ2) is 6.84. The molecule has 0 radical (unpaired) electrons. The summed E-state index contributed by atoms with van der Waals surface area (Å²) in [6, 6.07) is 0. The van der Waals surface area contributed by atoms with Gasteiger partial charge in [-0.1, -0.05) is 17.9 Å². The average Bonchev–Trinajstić information content (AvgIpc) is 1.96. The van der Waals surface area contributed by atoms with Gasteiger partial charge in [0.25, 0.3) is 0 Å². The fourth-order valence-corrected chi connectivity index (χ4v) is 0.391. The van der Waals surface area contributed by atoms with E-state index >= 15 is 0 Å². The first-order valence-electron chi connectivity index (χ1n) is 3.11. The van der Waals surface area contributed by atoms with Crippen LogP contribution in [0.25, 0.3) is 0 Å². The van der Waals surface area contributed by atoms with Crippen molar-refractivity contribution in [1.82, 2.24) is 0 Å². The van der Waals surface area contributed by atoms with E-state index in [2.05, 4.69) is 16.6 Å². The number of hydrogen-bond acceptors (Lipinski definition) is 2. The second-order valence-corrected chi connectivity index (χ2v) is 1.75. The summed E-state index contributed by atoms with van der Waals surface area (Å²) in [5, 5.41) is 8.19. The van der Waals surface area contributed by atoms with Crippen LogP contribution in [0.2, 0.25) is 0 Å². The maximum Gasteiger partial charge on any atom is 0.307 e. The Labute approximate surface area is 65.7 Å². The molecule has 0 bridgehead atoms. The molecule has 60 valence electrons. The van der Waals surface area contributed by atoms with E-state index in [1.165, 1.54) is 12.2 Å². The van der Waals surface area contributed by atoms with Crippen LogP contribution in [0.15, 0.2) is 12.2 Å². The molecular weight excluding hydrogens is 144 g/mol. The van der Waals surface area contributed by atoms with Crippen molar-refractivity contribution in [2.45, 2.75) is 6.42 Å². The first-order valence-corrected chi connectivity index (χ1v) is 3.11. The highest BCUT2D eigenvalue weighted by atomic mass is 16.5. The van der Waals surface area contributed by atoms with Crippen LogP contribution in [-0.4, -0.2) is 24.8 Å². The lowest BCUT2D eigenvalue weighted by Gasteiger charge is -1.80. The van der Waals surface area contributed by atoms with Gasteiger partial charge in [-0.25, -0.2) is 0 Å². The summed E-state index contributed by atoms with van der Waals surface area (Å²) in [6.07, 6.45) is 3.01. The molecule has 1 N–H and O–H groups in total. The molecule has 0 spiro atoms. The summed E-state index contributed by atoms with van der Waals surface area (Å²) in [5.74, 6) is 4.43. The number of carboxylic acid groups (broad SMARTS) is 1. The topological polar surface area (TPSA) is 46.5 Å². The summed E-state index contributed by atoms with van der Waals surface area (Å²) in [7, 11) is 1.55. The van der Waals surface area contributed by atoms with Gasteiger partial charge >= 0.3 is 5.97 Å². The smallest absolute Gasteiger partial charge is 0.307 e. The molecule has 0 aliphatic heterocycles. The van der Waals surface area contributed by atoms with Gasteiger partial charge in [0, 0.05) is 7.11 Å². The van der Waals surface area contributed by atoms with Gasteiger partial charge in [-0.2, -0.15) is 0 Å². The molecule has 0 heterocycles. The lowest BCUT2D eigenvalue weighted by Crippen LogP contribution is -1.89. The molecule has 0 aliphatic rings. The molecule has 0 saturated heterocycles. The molecule has 0 aromatic heterocycles. The van der Waals surface area contributed by atoms with Gasteiger partial charge in [0.1, 0.15) is 6.61 Å². The summed E-state index contributed by atoms with van der Waals surface area (Å²) in [4.78, 5) is 9.96. The van der Waals surface area contributed by atoms with Crippen molar-refractivity contribution in [3.63, 3.8) is 0 Å². The van der Waals surface area contributed by atoms with Crippen molar-refractivity contribution in [3.8, 4) is 11.8 Å². The van der Waals surface area contributed by atoms with E-state index in [9.17, 15) is 4.79 Å². The summed E-state index contributed by atoms with van der Waals surface area (Å²) < 4.78 is 4.65. The molecule has 0 atom stereocenters. The van der Waals surface area contributed by atoms with Crippen LogP contribution in [0.3, 0.4) is 0 Å². The Morgan fingerprint density at radius 2 is 2.45 bits per heavy atom. The zero-order chi connectivity index (χ0) is 8.53. The van der Waals surface area contributed by atoms with Crippen LogP contribution in [0, 0.1) is 11.8 Å². The van der Waals surface area contributed by atoms with Crippen molar-refractivity contribution in [2.75, 3.05) is 13.7 Å². The largest absolute Gasteiger partial charge is 0.481 e. The van der Waals surface area contributed by atoms with Gasteiger partial charge in [0.15, 0.2) is 0 Å². The summed E-state index contributed by atoms with van der Waals surface area (Å²) in [6.45, 7) is 0.372. The van der Waals surface area contributed by atoms with E-state index in [1.807, 2.05) is 0 Å². The van der Waals surface area contributed by atoms with Crippen molar-refractivity contribution in [3.05, 3.63) is 12.2 Å². The van der Waals surface area contributed by atoms with E-state index < -0.39 is 5.97 Å². The minimum absolute atomic E-state index is 0.0155.